The van der Waals surface area contributed by atoms with Crippen LogP contribution in [0.1, 0.15) is 18.2 Å². The van der Waals surface area contributed by atoms with Gasteiger partial charge >= 0.3 is 0 Å². The molecular formula is C17H24ClN5S. The molecule has 0 amide bonds. The third-order valence-electron chi connectivity index (χ3n) is 3.28. The minimum atomic E-state index is 0.570. The molecule has 1 aromatic carbocycles. The van der Waals surface area contributed by atoms with Gasteiger partial charge in [0.15, 0.2) is 11.1 Å². The number of benzene rings is 1. The highest BCUT2D eigenvalue weighted by Gasteiger charge is 2.04. The molecule has 7 heteroatoms. The van der Waals surface area contributed by atoms with Gasteiger partial charge < -0.3 is 15.5 Å². The SMILES string of the molecule is CCNC(=NCc1csc(N(C)C)n1)NCCc1ccc(Cl)cc1. The lowest BCUT2D eigenvalue weighted by Gasteiger charge is -2.11. The Kier molecular flexibility index (Phi) is 7.34. The highest BCUT2D eigenvalue weighted by molar-refractivity contribution is 7.13. The lowest BCUT2D eigenvalue weighted by molar-refractivity contribution is 0.797. The molecule has 1 heterocycles. The number of guanidine groups is 1. The van der Waals surface area contributed by atoms with E-state index in [2.05, 4.69) is 32.9 Å². The first-order chi connectivity index (χ1) is 11.6. The Morgan fingerprint density at radius 2 is 2.00 bits per heavy atom. The van der Waals surface area contributed by atoms with Gasteiger partial charge in [-0.3, -0.25) is 0 Å². The number of hydrogen-bond donors (Lipinski definition) is 2. The maximum atomic E-state index is 5.91. The fraction of sp³-hybridized carbons (Fsp3) is 0.412. The van der Waals surface area contributed by atoms with E-state index in [-0.39, 0.29) is 0 Å². The summed E-state index contributed by atoms with van der Waals surface area (Å²) >= 11 is 7.54. The van der Waals surface area contributed by atoms with Crippen LogP contribution in [0.5, 0.6) is 0 Å². The molecule has 0 radical (unpaired) electrons. The monoisotopic (exact) mass is 365 g/mol. The van der Waals surface area contributed by atoms with Crippen molar-refractivity contribution in [1.29, 1.82) is 0 Å². The predicted molar refractivity (Wildman–Crippen MR) is 104 cm³/mol. The largest absolute Gasteiger partial charge is 0.357 e. The van der Waals surface area contributed by atoms with E-state index in [1.54, 1.807) is 11.3 Å². The summed E-state index contributed by atoms with van der Waals surface area (Å²) in [4.78, 5) is 11.2. The Bertz CT molecular complexity index is 651. The molecule has 0 fully saturated rings. The lowest BCUT2D eigenvalue weighted by Crippen LogP contribution is -2.38. The van der Waals surface area contributed by atoms with Crippen LogP contribution < -0.4 is 15.5 Å². The highest BCUT2D eigenvalue weighted by atomic mass is 35.5. The van der Waals surface area contributed by atoms with Crippen LogP contribution in [0.3, 0.4) is 0 Å². The van der Waals surface area contributed by atoms with Gasteiger partial charge in [-0.15, -0.1) is 11.3 Å². The number of halogens is 1. The molecule has 1 aromatic heterocycles. The Labute approximate surface area is 152 Å². The van der Waals surface area contributed by atoms with Crippen molar-refractivity contribution in [2.75, 3.05) is 32.1 Å². The van der Waals surface area contributed by atoms with E-state index in [0.29, 0.717) is 6.54 Å². The van der Waals surface area contributed by atoms with Crippen LogP contribution in [-0.4, -0.2) is 38.1 Å². The van der Waals surface area contributed by atoms with Crippen LogP contribution in [0.4, 0.5) is 5.13 Å². The Morgan fingerprint density at radius 1 is 1.25 bits per heavy atom. The van der Waals surface area contributed by atoms with Crippen molar-refractivity contribution in [3.05, 3.63) is 45.9 Å². The van der Waals surface area contributed by atoms with Gasteiger partial charge in [-0.25, -0.2) is 9.98 Å². The molecular weight excluding hydrogens is 342 g/mol. The molecule has 0 aliphatic rings. The average Bonchev–Trinajstić information content (AvgIpc) is 3.04. The van der Waals surface area contributed by atoms with Gasteiger partial charge in [0.2, 0.25) is 0 Å². The summed E-state index contributed by atoms with van der Waals surface area (Å²) in [6.45, 7) is 4.27. The van der Waals surface area contributed by atoms with Crippen molar-refractivity contribution in [2.24, 2.45) is 4.99 Å². The van der Waals surface area contributed by atoms with E-state index >= 15 is 0 Å². The van der Waals surface area contributed by atoms with Crippen molar-refractivity contribution < 1.29 is 0 Å². The Morgan fingerprint density at radius 3 is 2.62 bits per heavy atom. The molecule has 0 saturated carbocycles. The summed E-state index contributed by atoms with van der Waals surface area (Å²) in [6.07, 6.45) is 0.920. The normalized spacial score (nSPS) is 11.4. The molecule has 24 heavy (non-hydrogen) atoms. The van der Waals surface area contributed by atoms with E-state index in [9.17, 15) is 0 Å². The maximum absolute atomic E-state index is 5.91. The standard InChI is InChI=1S/C17H24ClN5S/c1-4-19-16(20-10-9-13-5-7-14(18)8-6-13)21-11-15-12-24-17(22-15)23(2)3/h5-8,12H,4,9-11H2,1-3H3,(H2,19,20,21). The van der Waals surface area contributed by atoms with Crippen LogP contribution in [0.15, 0.2) is 34.6 Å². The van der Waals surface area contributed by atoms with Gasteiger partial charge in [-0.05, 0) is 31.0 Å². The molecule has 0 aliphatic heterocycles. The molecule has 0 saturated heterocycles. The lowest BCUT2D eigenvalue weighted by atomic mass is 10.1. The van der Waals surface area contributed by atoms with Gasteiger partial charge in [0, 0.05) is 37.6 Å². The summed E-state index contributed by atoms with van der Waals surface area (Å²) in [5.41, 5.74) is 2.23. The smallest absolute Gasteiger partial charge is 0.191 e. The van der Waals surface area contributed by atoms with Gasteiger partial charge in [0.25, 0.3) is 0 Å². The molecule has 5 nitrogen and oxygen atoms in total. The number of anilines is 1. The molecule has 2 rings (SSSR count). The van der Waals surface area contributed by atoms with Crippen molar-refractivity contribution >= 4 is 34.0 Å². The number of nitrogens with one attached hydrogen (secondary N) is 2. The second kappa shape index (κ2) is 9.49. The summed E-state index contributed by atoms with van der Waals surface area (Å²) in [5, 5.41) is 10.4. The van der Waals surface area contributed by atoms with E-state index in [1.807, 2.05) is 43.3 Å². The van der Waals surface area contributed by atoms with Crippen LogP contribution >= 0.6 is 22.9 Å². The van der Waals surface area contributed by atoms with Crippen LogP contribution in [-0.2, 0) is 13.0 Å². The molecule has 2 N–H and O–H groups in total. The first-order valence-corrected chi connectivity index (χ1v) is 9.22. The first kappa shape index (κ1) is 18.5. The first-order valence-electron chi connectivity index (χ1n) is 7.97. The summed E-state index contributed by atoms with van der Waals surface area (Å²) < 4.78 is 0. The number of nitrogens with zero attached hydrogens (tertiary/aromatic N) is 3. The zero-order valence-corrected chi connectivity index (χ0v) is 15.9. The van der Waals surface area contributed by atoms with Crippen LogP contribution in [0.2, 0.25) is 5.02 Å². The summed E-state index contributed by atoms with van der Waals surface area (Å²) in [5.74, 6) is 0.811. The number of hydrogen-bond acceptors (Lipinski definition) is 4. The molecule has 0 spiro atoms. The summed E-state index contributed by atoms with van der Waals surface area (Å²) in [7, 11) is 3.99. The average molecular weight is 366 g/mol. The van der Waals surface area contributed by atoms with Crippen molar-refractivity contribution in [3.63, 3.8) is 0 Å². The van der Waals surface area contributed by atoms with Gasteiger partial charge in [0.1, 0.15) is 0 Å². The minimum Gasteiger partial charge on any atom is -0.357 e. The molecule has 0 aliphatic carbocycles. The van der Waals surface area contributed by atoms with E-state index < -0.39 is 0 Å². The zero-order valence-electron chi connectivity index (χ0n) is 14.3. The summed E-state index contributed by atoms with van der Waals surface area (Å²) in [6, 6.07) is 7.93. The van der Waals surface area contributed by atoms with E-state index in [0.717, 1.165) is 41.3 Å². The molecule has 2 aromatic rings. The zero-order chi connectivity index (χ0) is 17.4. The van der Waals surface area contributed by atoms with Crippen LogP contribution in [0.25, 0.3) is 0 Å². The van der Waals surface area contributed by atoms with E-state index in [1.165, 1.54) is 5.56 Å². The minimum absolute atomic E-state index is 0.570. The van der Waals surface area contributed by atoms with Crippen molar-refractivity contribution in [3.8, 4) is 0 Å². The maximum Gasteiger partial charge on any atom is 0.191 e. The van der Waals surface area contributed by atoms with Crippen LogP contribution in [0, 0.1) is 0 Å². The third-order valence-corrected chi connectivity index (χ3v) is 4.59. The second-order valence-corrected chi connectivity index (χ2v) is 6.79. The van der Waals surface area contributed by atoms with Gasteiger partial charge in [-0.1, -0.05) is 23.7 Å². The Balaban J connectivity index is 1.86. The fourth-order valence-corrected chi connectivity index (χ4v) is 2.93. The van der Waals surface area contributed by atoms with Crippen molar-refractivity contribution in [1.82, 2.24) is 15.6 Å². The quantitative estimate of drug-likeness (QED) is 0.584. The van der Waals surface area contributed by atoms with E-state index in [4.69, 9.17) is 11.6 Å². The second-order valence-electron chi connectivity index (χ2n) is 5.51. The van der Waals surface area contributed by atoms with Crippen molar-refractivity contribution in [2.45, 2.75) is 19.9 Å². The number of aliphatic imine (C=N–C) groups is 1. The number of thiazole rings is 1. The molecule has 0 atom stereocenters. The van der Waals surface area contributed by atoms with Gasteiger partial charge in [-0.2, -0.15) is 0 Å². The topological polar surface area (TPSA) is 52.6 Å². The highest BCUT2D eigenvalue weighted by Crippen LogP contribution is 2.18. The fourth-order valence-electron chi connectivity index (χ4n) is 2.05. The van der Waals surface area contributed by atoms with Gasteiger partial charge in [0.05, 0.1) is 12.2 Å². The molecule has 0 bridgehead atoms. The number of rotatable bonds is 7. The molecule has 0 unspecified atom stereocenters. The molecule has 130 valence electrons. The Hall–Kier alpha value is -1.79. The number of aromatic nitrogens is 1. The predicted octanol–water partition coefficient (Wildman–Crippen LogP) is 3.16. The third kappa shape index (κ3) is 6.02.